The third-order valence-electron chi connectivity index (χ3n) is 2.12. The number of nitrogens with one attached hydrogen (secondary N) is 1. The first-order valence-electron chi connectivity index (χ1n) is 4.46. The summed E-state index contributed by atoms with van der Waals surface area (Å²) in [6.07, 6.45) is 1.67. The van der Waals surface area contributed by atoms with Crippen molar-refractivity contribution in [3.8, 4) is 6.07 Å². The Kier molecular flexibility index (Phi) is 1.93. The van der Waals surface area contributed by atoms with Crippen molar-refractivity contribution in [1.29, 1.82) is 5.26 Å². The van der Waals surface area contributed by atoms with Crippen LogP contribution in [0.5, 0.6) is 0 Å². The molecule has 0 amide bonds. The van der Waals surface area contributed by atoms with E-state index in [4.69, 9.17) is 5.26 Å². The molecule has 0 saturated carbocycles. The van der Waals surface area contributed by atoms with Crippen molar-refractivity contribution in [3.05, 3.63) is 23.5 Å². The van der Waals surface area contributed by atoms with Crippen LogP contribution in [0.3, 0.4) is 0 Å². The van der Waals surface area contributed by atoms with Gasteiger partial charge in [0.25, 0.3) is 0 Å². The summed E-state index contributed by atoms with van der Waals surface area (Å²) in [5, 5.41) is 16.5. The lowest BCUT2D eigenvalue weighted by atomic mass is 10.0. The molecule has 0 aliphatic rings. The summed E-state index contributed by atoms with van der Waals surface area (Å²) in [5.41, 5.74) is 2.20. The van der Waals surface area contributed by atoms with Gasteiger partial charge in [-0.2, -0.15) is 10.4 Å². The average Bonchev–Trinajstić information content (AvgIpc) is 2.62. The van der Waals surface area contributed by atoms with Gasteiger partial charge in [0.2, 0.25) is 0 Å². The Morgan fingerprint density at radius 1 is 1.50 bits per heavy atom. The molecule has 4 heteroatoms. The third-order valence-corrected chi connectivity index (χ3v) is 2.12. The van der Waals surface area contributed by atoms with Gasteiger partial charge in [0.15, 0.2) is 5.65 Å². The van der Waals surface area contributed by atoms with Crippen LogP contribution < -0.4 is 0 Å². The molecule has 4 nitrogen and oxygen atoms in total. The maximum atomic E-state index is 8.94. The summed E-state index contributed by atoms with van der Waals surface area (Å²) < 4.78 is 0. The molecule has 2 heterocycles. The van der Waals surface area contributed by atoms with E-state index in [9.17, 15) is 0 Å². The summed E-state index contributed by atoms with van der Waals surface area (Å²) in [7, 11) is 0. The number of hydrogen-bond acceptors (Lipinski definition) is 3. The number of aromatic nitrogens is 3. The van der Waals surface area contributed by atoms with Crippen LogP contribution in [-0.4, -0.2) is 15.2 Å². The fourth-order valence-corrected chi connectivity index (χ4v) is 1.42. The predicted molar refractivity (Wildman–Crippen MR) is 52.7 cm³/mol. The Morgan fingerprint density at radius 3 is 2.93 bits per heavy atom. The van der Waals surface area contributed by atoms with Crippen LogP contribution in [0.15, 0.2) is 12.3 Å². The van der Waals surface area contributed by atoms with Gasteiger partial charge in [-0.25, -0.2) is 4.98 Å². The van der Waals surface area contributed by atoms with E-state index >= 15 is 0 Å². The number of aromatic amines is 1. The molecule has 0 unspecified atom stereocenters. The fourth-order valence-electron chi connectivity index (χ4n) is 1.42. The molecule has 0 bridgehead atoms. The molecule has 0 aromatic carbocycles. The van der Waals surface area contributed by atoms with Crippen molar-refractivity contribution in [2.45, 2.75) is 19.8 Å². The van der Waals surface area contributed by atoms with Crippen molar-refractivity contribution in [1.82, 2.24) is 15.2 Å². The van der Waals surface area contributed by atoms with Crippen molar-refractivity contribution in [2.24, 2.45) is 0 Å². The van der Waals surface area contributed by atoms with Crippen molar-refractivity contribution in [3.63, 3.8) is 0 Å². The quantitative estimate of drug-likeness (QED) is 0.740. The number of rotatable bonds is 1. The molecular weight excluding hydrogens is 176 g/mol. The number of H-pyrrole nitrogens is 1. The van der Waals surface area contributed by atoms with E-state index in [1.54, 1.807) is 6.20 Å². The van der Waals surface area contributed by atoms with E-state index in [0.29, 0.717) is 5.56 Å². The van der Waals surface area contributed by atoms with E-state index in [2.05, 4.69) is 21.3 Å². The number of fused-ring (bicyclic) bond motifs is 1. The first kappa shape index (κ1) is 8.70. The lowest BCUT2D eigenvalue weighted by Gasteiger charge is -2.05. The van der Waals surface area contributed by atoms with Gasteiger partial charge in [-0.15, -0.1) is 0 Å². The second-order valence-electron chi connectivity index (χ2n) is 3.50. The van der Waals surface area contributed by atoms with Gasteiger partial charge in [-0.1, -0.05) is 13.8 Å². The second-order valence-corrected chi connectivity index (χ2v) is 3.50. The maximum absolute atomic E-state index is 8.94. The lowest BCUT2D eigenvalue weighted by molar-refractivity contribution is 0.823. The Hall–Kier alpha value is -1.89. The van der Waals surface area contributed by atoms with Crippen LogP contribution in [-0.2, 0) is 0 Å². The van der Waals surface area contributed by atoms with Crippen LogP contribution >= 0.6 is 0 Å². The van der Waals surface area contributed by atoms with E-state index < -0.39 is 0 Å². The molecule has 0 fully saturated rings. The molecule has 70 valence electrons. The highest BCUT2D eigenvalue weighted by Crippen LogP contribution is 2.20. The first-order valence-corrected chi connectivity index (χ1v) is 4.46. The van der Waals surface area contributed by atoms with Gasteiger partial charge in [-0.3, -0.25) is 5.10 Å². The van der Waals surface area contributed by atoms with Crippen LogP contribution in [0, 0.1) is 11.3 Å². The minimum atomic E-state index is 0.248. The fraction of sp³-hybridized carbons (Fsp3) is 0.300. The molecule has 0 aliphatic carbocycles. The highest BCUT2D eigenvalue weighted by molar-refractivity contribution is 5.76. The van der Waals surface area contributed by atoms with Gasteiger partial charge in [0, 0.05) is 5.39 Å². The van der Waals surface area contributed by atoms with Crippen molar-refractivity contribution >= 4 is 11.0 Å². The van der Waals surface area contributed by atoms with E-state index in [-0.39, 0.29) is 5.92 Å². The van der Waals surface area contributed by atoms with Crippen molar-refractivity contribution < 1.29 is 0 Å². The zero-order chi connectivity index (χ0) is 10.1. The number of pyridine rings is 1. The van der Waals surface area contributed by atoms with Gasteiger partial charge in [-0.05, 0) is 12.0 Å². The molecule has 2 rings (SSSR count). The molecule has 0 aliphatic heterocycles. The van der Waals surface area contributed by atoms with Crippen LogP contribution in [0.2, 0.25) is 0 Å². The minimum Gasteiger partial charge on any atom is -0.261 e. The molecule has 0 spiro atoms. The van der Waals surface area contributed by atoms with Crippen LogP contribution in [0.4, 0.5) is 0 Å². The Labute approximate surface area is 81.6 Å². The maximum Gasteiger partial charge on any atom is 0.155 e. The van der Waals surface area contributed by atoms with E-state index in [1.807, 2.05) is 19.9 Å². The number of nitriles is 1. The monoisotopic (exact) mass is 186 g/mol. The van der Waals surface area contributed by atoms with Gasteiger partial charge < -0.3 is 0 Å². The third kappa shape index (κ3) is 1.23. The summed E-state index contributed by atoms with van der Waals surface area (Å²) in [6, 6.07) is 3.98. The smallest absolute Gasteiger partial charge is 0.155 e. The molecular formula is C10H10N4. The van der Waals surface area contributed by atoms with E-state index in [0.717, 1.165) is 16.7 Å². The first-order chi connectivity index (χ1) is 6.72. The topological polar surface area (TPSA) is 65.4 Å². The molecule has 0 radical (unpaired) electrons. The summed E-state index contributed by atoms with van der Waals surface area (Å²) in [5.74, 6) is 0.248. The van der Waals surface area contributed by atoms with Crippen LogP contribution in [0.25, 0.3) is 11.0 Å². The second kappa shape index (κ2) is 3.11. The minimum absolute atomic E-state index is 0.248. The normalized spacial score (nSPS) is 10.7. The summed E-state index contributed by atoms with van der Waals surface area (Å²) in [6.45, 7) is 4.04. The lowest BCUT2D eigenvalue weighted by Crippen LogP contribution is -1.97. The zero-order valence-electron chi connectivity index (χ0n) is 8.07. The highest BCUT2D eigenvalue weighted by atomic mass is 15.1. The molecule has 0 atom stereocenters. The van der Waals surface area contributed by atoms with Gasteiger partial charge >= 0.3 is 0 Å². The molecule has 1 N–H and O–H groups in total. The Balaban J connectivity index is 2.74. The van der Waals surface area contributed by atoms with Gasteiger partial charge in [0.1, 0.15) is 6.07 Å². The average molecular weight is 186 g/mol. The van der Waals surface area contributed by atoms with E-state index in [1.165, 1.54) is 0 Å². The standard InChI is InChI=1S/C10H10N4/c1-6(2)9-7(4-11)3-8-5-12-14-10(8)13-9/h3,5-6H,1-2H3,(H,12,13,14). The molecule has 0 saturated heterocycles. The molecule has 2 aromatic heterocycles. The Bertz CT molecular complexity index is 504. The van der Waals surface area contributed by atoms with Crippen molar-refractivity contribution in [2.75, 3.05) is 0 Å². The Morgan fingerprint density at radius 2 is 2.29 bits per heavy atom. The summed E-state index contributed by atoms with van der Waals surface area (Å²) >= 11 is 0. The van der Waals surface area contributed by atoms with Crippen LogP contribution in [0.1, 0.15) is 31.0 Å². The predicted octanol–water partition coefficient (Wildman–Crippen LogP) is 1.95. The largest absolute Gasteiger partial charge is 0.261 e. The molecule has 2 aromatic rings. The zero-order valence-corrected chi connectivity index (χ0v) is 8.07. The number of hydrogen-bond donors (Lipinski definition) is 1. The highest BCUT2D eigenvalue weighted by Gasteiger charge is 2.10. The SMILES string of the molecule is CC(C)c1nc2[nH]ncc2cc1C#N. The van der Waals surface area contributed by atoms with Gasteiger partial charge in [0.05, 0.1) is 17.5 Å². The number of nitrogens with zero attached hydrogens (tertiary/aromatic N) is 3. The molecule has 14 heavy (non-hydrogen) atoms. The summed E-state index contributed by atoms with van der Waals surface area (Å²) in [4.78, 5) is 4.36.